The molecule has 0 unspecified atom stereocenters. The molecule has 0 atom stereocenters. The number of aliphatic hydroxyl groups is 1. The van der Waals surface area contributed by atoms with Crippen molar-refractivity contribution in [2.24, 2.45) is 7.05 Å². The molecule has 20 heavy (non-hydrogen) atoms. The summed E-state index contributed by atoms with van der Waals surface area (Å²) in [5.41, 5.74) is 2.25. The maximum absolute atomic E-state index is 12.4. The maximum Gasteiger partial charge on any atom is 0.255 e. The predicted molar refractivity (Wildman–Crippen MR) is 74.4 cm³/mol. The Hall–Kier alpha value is -1.95. The fourth-order valence-corrected chi connectivity index (χ4v) is 2.68. The third-order valence-corrected chi connectivity index (χ3v) is 3.86. The molecule has 1 amide bonds. The minimum Gasteiger partial charge on any atom is -0.393 e. The molecule has 0 saturated carbocycles. The average molecular weight is 274 g/mol. The minimum absolute atomic E-state index is 0.0189. The largest absolute Gasteiger partial charge is 0.393 e. The fourth-order valence-electron chi connectivity index (χ4n) is 2.68. The maximum atomic E-state index is 12.4. The second-order valence-corrected chi connectivity index (χ2v) is 5.33. The van der Waals surface area contributed by atoms with Gasteiger partial charge >= 0.3 is 0 Å². The van der Waals surface area contributed by atoms with Crippen LogP contribution in [0.1, 0.15) is 28.9 Å². The van der Waals surface area contributed by atoms with Gasteiger partial charge in [-0.25, -0.2) is 4.98 Å². The third kappa shape index (κ3) is 2.16. The number of aromatic nitrogens is 3. The second kappa shape index (κ2) is 4.86. The first-order valence-corrected chi connectivity index (χ1v) is 6.83. The summed E-state index contributed by atoms with van der Waals surface area (Å²) in [6.45, 7) is 3.11. The van der Waals surface area contributed by atoms with Crippen molar-refractivity contribution in [2.45, 2.75) is 25.9 Å². The standard InChI is InChI=1S/C14H18N4O2/c1-9-12-7-10(8-15-13(12)17(2)16-9)14(20)18-5-3-11(19)4-6-18/h7-8,11,19H,3-6H2,1-2H3. The SMILES string of the molecule is Cc1nn(C)c2ncc(C(=O)N3CCC(O)CC3)cc12. The quantitative estimate of drug-likeness (QED) is 0.837. The van der Waals surface area contributed by atoms with Crippen LogP contribution < -0.4 is 0 Å². The summed E-state index contributed by atoms with van der Waals surface area (Å²) in [6, 6.07) is 1.86. The van der Waals surface area contributed by atoms with Crippen molar-refractivity contribution in [2.75, 3.05) is 13.1 Å². The molecule has 1 saturated heterocycles. The Morgan fingerprint density at radius 1 is 1.40 bits per heavy atom. The molecule has 0 radical (unpaired) electrons. The monoisotopic (exact) mass is 274 g/mol. The Bertz CT molecular complexity index is 656. The molecule has 1 N–H and O–H groups in total. The van der Waals surface area contributed by atoms with Crippen LogP contribution in [0.15, 0.2) is 12.3 Å². The number of amides is 1. The molecular weight excluding hydrogens is 256 g/mol. The molecular formula is C14H18N4O2. The molecule has 1 fully saturated rings. The van der Waals surface area contributed by atoms with Crippen LogP contribution in [-0.2, 0) is 7.05 Å². The van der Waals surface area contributed by atoms with Crippen molar-refractivity contribution in [3.63, 3.8) is 0 Å². The number of fused-ring (bicyclic) bond motifs is 1. The van der Waals surface area contributed by atoms with Crippen molar-refractivity contribution < 1.29 is 9.90 Å². The predicted octanol–water partition coefficient (Wildman–Crippen LogP) is 0.874. The van der Waals surface area contributed by atoms with Gasteiger partial charge in [-0.3, -0.25) is 9.48 Å². The van der Waals surface area contributed by atoms with Gasteiger partial charge in [-0.15, -0.1) is 0 Å². The lowest BCUT2D eigenvalue weighted by Crippen LogP contribution is -2.40. The molecule has 0 aromatic carbocycles. The summed E-state index contributed by atoms with van der Waals surface area (Å²) in [6.07, 6.45) is 2.62. The molecule has 0 bridgehead atoms. The number of hydrogen-bond donors (Lipinski definition) is 1. The highest BCUT2D eigenvalue weighted by Gasteiger charge is 2.23. The Morgan fingerprint density at radius 3 is 2.80 bits per heavy atom. The number of rotatable bonds is 1. The van der Waals surface area contributed by atoms with Crippen molar-refractivity contribution in [1.82, 2.24) is 19.7 Å². The highest BCUT2D eigenvalue weighted by atomic mass is 16.3. The molecule has 2 aromatic rings. The zero-order chi connectivity index (χ0) is 14.3. The number of likely N-dealkylation sites (tertiary alicyclic amines) is 1. The highest BCUT2D eigenvalue weighted by Crippen LogP contribution is 2.19. The number of hydrogen-bond acceptors (Lipinski definition) is 4. The number of piperidine rings is 1. The number of aryl methyl sites for hydroxylation is 2. The van der Waals surface area contributed by atoms with E-state index in [4.69, 9.17) is 0 Å². The first-order valence-electron chi connectivity index (χ1n) is 6.83. The number of pyridine rings is 1. The second-order valence-electron chi connectivity index (χ2n) is 5.33. The fraction of sp³-hybridized carbons (Fsp3) is 0.500. The summed E-state index contributed by atoms with van der Waals surface area (Å²) in [5.74, 6) is -0.0189. The smallest absolute Gasteiger partial charge is 0.255 e. The van der Waals surface area contributed by atoms with Crippen LogP contribution in [0.4, 0.5) is 0 Å². The van der Waals surface area contributed by atoms with Crippen LogP contribution in [0.5, 0.6) is 0 Å². The van der Waals surface area contributed by atoms with Gasteiger partial charge in [0.1, 0.15) is 0 Å². The zero-order valence-electron chi connectivity index (χ0n) is 11.7. The van der Waals surface area contributed by atoms with E-state index in [2.05, 4.69) is 10.1 Å². The van der Waals surface area contributed by atoms with E-state index in [-0.39, 0.29) is 12.0 Å². The molecule has 6 heteroatoms. The van der Waals surface area contributed by atoms with Crippen LogP contribution >= 0.6 is 0 Å². The van der Waals surface area contributed by atoms with E-state index in [1.807, 2.05) is 20.0 Å². The minimum atomic E-state index is -0.278. The van der Waals surface area contributed by atoms with Crippen LogP contribution in [0.25, 0.3) is 11.0 Å². The molecule has 6 nitrogen and oxygen atoms in total. The van der Waals surface area contributed by atoms with E-state index in [1.54, 1.807) is 15.8 Å². The Morgan fingerprint density at radius 2 is 2.10 bits per heavy atom. The van der Waals surface area contributed by atoms with Gasteiger partial charge in [-0.2, -0.15) is 5.10 Å². The molecule has 3 heterocycles. The van der Waals surface area contributed by atoms with Gasteiger partial charge in [0.2, 0.25) is 0 Å². The van der Waals surface area contributed by atoms with E-state index < -0.39 is 0 Å². The summed E-state index contributed by atoms with van der Waals surface area (Å²) < 4.78 is 1.72. The highest BCUT2D eigenvalue weighted by molar-refractivity contribution is 5.97. The zero-order valence-corrected chi connectivity index (χ0v) is 11.7. The van der Waals surface area contributed by atoms with E-state index in [0.29, 0.717) is 31.5 Å². The van der Waals surface area contributed by atoms with E-state index in [0.717, 1.165) is 16.7 Å². The number of carbonyl (C=O) groups excluding carboxylic acids is 1. The molecule has 3 rings (SSSR count). The van der Waals surface area contributed by atoms with Crippen molar-refractivity contribution in [3.05, 3.63) is 23.5 Å². The summed E-state index contributed by atoms with van der Waals surface area (Å²) >= 11 is 0. The Labute approximate surface area is 117 Å². The summed E-state index contributed by atoms with van der Waals surface area (Å²) in [7, 11) is 1.84. The van der Waals surface area contributed by atoms with Crippen molar-refractivity contribution in [1.29, 1.82) is 0 Å². The summed E-state index contributed by atoms with van der Waals surface area (Å²) in [4.78, 5) is 18.6. The topological polar surface area (TPSA) is 71.2 Å². The van der Waals surface area contributed by atoms with Crippen molar-refractivity contribution >= 4 is 16.9 Å². The lowest BCUT2D eigenvalue weighted by atomic mass is 10.1. The molecule has 106 valence electrons. The molecule has 1 aliphatic rings. The van der Waals surface area contributed by atoms with Gasteiger partial charge in [0.15, 0.2) is 5.65 Å². The van der Waals surface area contributed by atoms with Gasteiger partial charge in [0.25, 0.3) is 5.91 Å². The van der Waals surface area contributed by atoms with Gasteiger partial charge in [0.05, 0.1) is 17.4 Å². The summed E-state index contributed by atoms with van der Waals surface area (Å²) in [5, 5.41) is 14.7. The number of carbonyl (C=O) groups is 1. The van der Waals surface area contributed by atoms with Gasteiger partial charge < -0.3 is 10.0 Å². The Balaban J connectivity index is 1.90. The van der Waals surface area contributed by atoms with Crippen molar-refractivity contribution in [3.8, 4) is 0 Å². The molecule has 0 aliphatic carbocycles. The van der Waals surface area contributed by atoms with Crippen LogP contribution in [0, 0.1) is 6.92 Å². The van der Waals surface area contributed by atoms with Gasteiger partial charge in [0, 0.05) is 31.7 Å². The van der Waals surface area contributed by atoms with E-state index >= 15 is 0 Å². The van der Waals surface area contributed by atoms with Crippen LogP contribution in [-0.4, -0.2) is 49.9 Å². The number of aliphatic hydroxyl groups excluding tert-OH is 1. The number of nitrogens with zero attached hydrogens (tertiary/aromatic N) is 4. The first kappa shape index (κ1) is 13.1. The normalized spacial score (nSPS) is 16.9. The first-order chi connectivity index (χ1) is 9.56. The molecule has 2 aromatic heterocycles. The average Bonchev–Trinajstić information content (AvgIpc) is 2.74. The molecule has 1 aliphatic heterocycles. The van der Waals surface area contributed by atoms with Crippen LogP contribution in [0.3, 0.4) is 0 Å². The van der Waals surface area contributed by atoms with Gasteiger partial charge in [-0.05, 0) is 25.8 Å². The van der Waals surface area contributed by atoms with Crippen LogP contribution in [0.2, 0.25) is 0 Å². The third-order valence-electron chi connectivity index (χ3n) is 3.86. The van der Waals surface area contributed by atoms with E-state index in [9.17, 15) is 9.90 Å². The Kier molecular flexibility index (Phi) is 3.17. The van der Waals surface area contributed by atoms with Gasteiger partial charge in [-0.1, -0.05) is 0 Å². The molecule has 0 spiro atoms. The lowest BCUT2D eigenvalue weighted by molar-refractivity contribution is 0.0546. The van der Waals surface area contributed by atoms with E-state index in [1.165, 1.54) is 0 Å². The lowest BCUT2D eigenvalue weighted by Gasteiger charge is -2.29.